The van der Waals surface area contributed by atoms with Crippen molar-refractivity contribution >= 4 is 5.91 Å². The van der Waals surface area contributed by atoms with Gasteiger partial charge in [0.15, 0.2) is 6.23 Å². The fraction of sp³-hybridized carbons (Fsp3) is 0.611. The Balaban J connectivity index is 1.60. The quantitative estimate of drug-likeness (QED) is 0.928. The number of likely N-dealkylation sites (N-methyl/N-ethyl adjacent to an activating group) is 1. The Morgan fingerprint density at radius 1 is 1.23 bits per heavy atom. The molecule has 4 heteroatoms. The Bertz CT molecular complexity index is 497. The Labute approximate surface area is 132 Å². The highest BCUT2D eigenvalue weighted by molar-refractivity contribution is 5.81. The van der Waals surface area contributed by atoms with E-state index in [4.69, 9.17) is 4.74 Å². The maximum Gasteiger partial charge on any atom is 0.264 e. The van der Waals surface area contributed by atoms with E-state index in [0.29, 0.717) is 6.54 Å². The Hall–Kier alpha value is -1.39. The summed E-state index contributed by atoms with van der Waals surface area (Å²) in [6.45, 7) is 1.49. The third kappa shape index (κ3) is 3.50. The molecule has 1 heterocycles. The minimum absolute atomic E-state index is 0.00626. The van der Waals surface area contributed by atoms with Crippen molar-refractivity contribution in [2.75, 3.05) is 20.1 Å². The highest BCUT2D eigenvalue weighted by atomic mass is 16.5. The summed E-state index contributed by atoms with van der Waals surface area (Å²) >= 11 is 0. The molecule has 120 valence electrons. The van der Waals surface area contributed by atoms with Crippen LogP contribution in [-0.2, 0) is 16.0 Å². The predicted octanol–water partition coefficient (Wildman–Crippen LogP) is 2.34. The lowest BCUT2D eigenvalue weighted by molar-refractivity contribution is -0.193. The first-order chi connectivity index (χ1) is 10.7. The van der Waals surface area contributed by atoms with Gasteiger partial charge in [-0.1, -0.05) is 49.6 Å². The van der Waals surface area contributed by atoms with E-state index >= 15 is 0 Å². The van der Waals surface area contributed by atoms with Crippen LogP contribution in [0.5, 0.6) is 0 Å². The Morgan fingerprint density at radius 3 is 2.68 bits per heavy atom. The van der Waals surface area contributed by atoms with Crippen LogP contribution >= 0.6 is 0 Å². The van der Waals surface area contributed by atoms with Gasteiger partial charge in [0.25, 0.3) is 5.91 Å². The van der Waals surface area contributed by atoms with Crippen molar-refractivity contribution in [2.24, 2.45) is 0 Å². The zero-order valence-corrected chi connectivity index (χ0v) is 13.4. The van der Waals surface area contributed by atoms with Crippen molar-refractivity contribution in [3.63, 3.8) is 0 Å². The van der Waals surface area contributed by atoms with Gasteiger partial charge in [-0.2, -0.15) is 0 Å². The zero-order chi connectivity index (χ0) is 15.4. The van der Waals surface area contributed by atoms with E-state index in [9.17, 15) is 4.79 Å². The lowest BCUT2D eigenvalue weighted by Gasteiger charge is -2.45. The molecule has 0 radical (unpaired) electrons. The standard InChI is InChI=1S/C18H26N2O2/c1-20(13-10-15-8-4-2-5-9-15)17-16(21)19-14-18(22-17)11-6-3-7-12-18/h2,4-5,8-9,17H,3,6-7,10-14H2,1H3,(H,19,21). The molecular formula is C18H26N2O2. The number of rotatable bonds is 4. The molecule has 1 saturated carbocycles. The molecule has 2 aliphatic rings. The Kier molecular flexibility index (Phi) is 4.79. The van der Waals surface area contributed by atoms with Crippen molar-refractivity contribution in [2.45, 2.75) is 50.4 Å². The first-order valence-corrected chi connectivity index (χ1v) is 8.38. The lowest BCUT2D eigenvalue weighted by atomic mass is 9.83. The van der Waals surface area contributed by atoms with Gasteiger partial charge in [-0.3, -0.25) is 9.69 Å². The molecule has 1 aromatic rings. The largest absolute Gasteiger partial charge is 0.350 e. The topological polar surface area (TPSA) is 41.6 Å². The number of hydrogen-bond acceptors (Lipinski definition) is 3. The SMILES string of the molecule is CN(CCc1ccccc1)C1OC2(CCCCC2)CNC1=O. The third-order valence-corrected chi connectivity index (χ3v) is 4.93. The minimum atomic E-state index is -0.449. The number of nitrogens with zero attached hydrogens (tertiary/aromatic N) is 1. The summed E-state index contributed by atoms with van der Waals surface area (Å²) in [6.07, 6.45) is 6.31. The second-order valence-electron chi connectivity index (χ2n) is 6.65. The number of nitrogens with one attached hydrogen (secondary N) is 1. The molecule has 1 spiro atoms. The smallest absolute Gasteiger partial charge is 0.264 e. The monoisotopic (exact) mass is 302 g/mol. The van der Waals surface area contributed by atoms with Gasteiger partial charge in [0, 0.05) is 13.1 Å². The van der Waals surface area contributed by atoms with E-state index in [2.05, 4.69) is 29.6 Å². The van der Waals surface area contributed by atoms with Crippen LogP contribution in [0.15, 0.2) is 30.3 Å². The maximum atomic E-state index is 12.2. The molecule has 1 atom stereocenters. The average Bonchev–Trinajstić information content (AvgIpc) is 2.57. The molecule has 1 aromatic carbocycles. The fourth-order valence-electron chi connectivity index (χ4n) is 3.52. The molecule has 1 N–H and O–H groups in total. The van der Waals surface area contributed by atoms with E-state index in [1.165, 1.54) is 24.8 Å². The number of morpholine rings is 1. The summed E-state index contributed by atoms with van der Waals surface area (Å²) in [7, 11) is 1.98. The van der Waals surface area contributed by atoms with Crippen LogP contribution < -0.4 is 5.32 Å². The molecule has 2 fully saturated rings. The summed E-state index contributed by atoms with van der Waals surface area (Å²) in [6, 6.07) is 10.4. The first-order valence-electron chi connectivity index (χ1n) is 8.38. The average molecular weight is 302 g/mol. The third-order valence-electron chi connectivity index (χ3n) is 4.93. The van der Waals surface area contributed by atoms with E-state index in [-0.39, 0.29) is 11.5 Å². The van der Waals surface area contributed by atoms with Crippen LogP contribution in [0.25, 0.3) is 0 Å². The molecule has 0 aromatic heterocycles. The molecule has 1 unspecified atom stereocenters. The van der Waals surface area contributed by atoms with Crippen molar-refractivity contribution in [1.82, 2.24) is 10.2 Å². The first kappa shape index (κ1) is 15.5. The summed E-state index contributed by atoms with van der Waals surface area (Å²) in [4.78, 5) is 14.2. The second kappa shape index (κ2) is 6.80. The second-order valence-corrected chi connectivity index (χ2v) is 6.65. The van der Waals surface area contributed by atoms with E-state index in [0.717, 1.165) is 25.8 Å². The maximum absolute atomic E-state index is 12.2. The van der Waals surface area contributed by atoms with Gasteiger partial charge < -0.3 is 10.1 Å². The van der Waals surface area contributed by atoms with Crippen LogP contribution in [0.2, 0.25) is 0 Å². The molecular weight excluding hydrogens is 276 g/mol. The van der Waals surface area contributed by atoms with E-state index in [1.807, 2.05) is 18.0 Å². The van der Waals surface area contributed by atoms with Gasteiger partial charge in [-0.05, 0) is 31.9 Å². The number of ether oxygens (including phenoxy) is 1. The van der Waals surface area contributed by atoms with E-state index < -0.39 is 6.23 Å². The fourth-order valence-corrected chi connectivity index (χ4v) is 3.52. The number of hydrogen-bond donors (Lipinski definition) is 1. The number of carbonyl (C=O) groups excluding carboxylic acids is 1. The van der Waals surface area contributed by atoms with Crippen LogP contribution in [0.3, 0.4) is 0 Å². The molecule has 0 bridgehead atoms. The summed E-state index contributed by atoms with van der Waals surface area (Å²) in [5.41, 5.74) is 1.16. The van der Waals surface area contributed by atoms with Crippen molar-refractivity contribution in [3.05, 3.63) is 35.9 Å². The van der Waals surface area contributed by atoms with Crippen molar-refractivity contribution in [3.8, 4) is 0 Å². The van der Waals surface area contributed by atoms with Gasteiger partial charge in [-0.25, -0.2) is 0 Å². The Morgan fingerprint density at radius 2 is 1.95 bits per heavy atom. The molecule has 3 rings (SSSR count). The van der Waals surface area contributed by atoms with Crippen molar-refractivity contribution in [1.29, 1.82) is 0 Å². The highest BCUT2D eigenvalue weighted by Crippen LogP contribution is 2.34. The van der Waals surface area contributed by atoms with E-state index in [1.54, 1.807) is 0 Å². The minimum Gasteiger partial charge on any atom is -0.350 e. The molecule has 1 aliphatic carbocycles. The molecule has 1 amide bonds. The molecule has 1 aliphatic heterocycles. The highest BCUT2D eigenvalue weighted by Gasteiger charge is 2.43. The van der Waals surface area contributed by atoms with Crippen molar-refractivity contribution < 1.29 is 9.53 Å². The van der Waals surface area contributed by atoms with Crippen LogP contribution in [0.1, 0.15) is 37.7 Å². The zero-order valence-electron chi connectivity index (χ0n) is 13.4. The molecule has 4 nitrogen and oxygen atoms in total. The van der Waals surface area contributed by atoms with Crippen LogP contribution in [-0.4, -0.2) is 42.8 Å². The lowest BCUT2D eigenvalue weighted by Crippen LogP contribution is -2.62. The number of carbonyl (C=O) groups is 1. The van der Waals surface area contributed by atoms with Gasteiger partial charge in [-0.15, -0.1) is 0 Å². The van der Waals surface area contributed by atoms with Gasteiger partial charge in [0.2, 0.25) is 0 Å². The van der Waals surface area contributed by atoms with Crippen LogP contribution in [0.4, 0.5) is 0 Å². The number of benzene rings is 1. The normalized spacial score (nSPS) is 24.5. The van der Waals surface area contributed by atoms with Gasteiger partial charge in [0.1, 0.15) is 0 Å². The summed E-state index contributed by atoms with van der Waals surface area (Å²) in [5.74, 6) is 0.00626. The molecule has 1 saturated heterocycles. The van der Waals surface area contributed by atoms with Gasteiger partial charge in [0.05, 0.1) is 5.60 Å². The predicted molar refractivity (Wildman–Crippen MR) is 86.5 cm³/mol. The number of amides is 1. The van der Waals surface area contributed by atoms with Gasteiger partial charge >= 0.3 is 0 Å². The van der Waals surface area contributed by atoms with Crippen LogP contribution in [0, 0.1) is 0 Å². The summed E-state index contributed by atoms with van der Waals surface area (Å²) < 4.78 is 6.29. The molecule has 22 heavy (non-hydrogen) atoms. The summed E-state index contributed by atoms with van der Waals surface area (Å²) in [5, 5.41) is 3.07.